The van der Waals surface area contributed by atoms with E-state index in [0.717, 1.165) is 33.1 Å². The first-order chi connectivity index (χ1) is 18.2. The van der Waals surface area contributed by atoms with Crippen molar-refractivity contribution in [3.05, 3.63) is 95.3 Å². The molecule has 0 aromatic heterocycles. The molecule has 0 aliphatic carbocycles. The van der Waals surface area contributed by atoms with Gasteiger partial charge in [-0.2, -0.15) is 0 Å². The molecule has 1 atom stereocenters. The van der Waals surface area contributed by atoms with Crippen LogP contribution >= 0.6 is 0 Å². The molecular formula is C30H36FN3O4S. The van der Waals surface area contributed by atoms with Crippen molar-refractivity contribution in [2.75, 3.05) is 10.8 Å². The van der Waals surface area contributed by atoms with Crippen molar-refractivity contribution in [3.63, 3.8) is 0 Å². The first kappa shape index (κ1) is 29.8. The number of halogens is 1. The van der Waals surface area contributed by atoms with Crippen LogP contribution in [-0.4, -0.2) is 43.3 Å². The molecule has 2 amide bonds. The standard InChI is InChI=1S/C30H36FN3O4S/c1-21-7-11-24(12-8-21)19-33(23(3)29(36)32-30(4,5)6)28(35)20-34(26-15-13-25(31)14-16-26)39(37,38)27-17-9-22(2)10-18-27/h7-18,23H,19-20H2,1-6H3,(H,32,36)/t23-/m1/s1. The van der Waals surface area contributed by atoms with Crippen LogP contribution in [0.15, 0.2) is 77.7 Å². The number of carbonyl (C=O) groups is 2. The molecule has 39 heavy (non-hydrogen) atoms. The molecule has 3 aromatic rings. The third kappa shape index (κ3) is 7.89. The highest BCUT2D eigenvalue weighted by molar-refractivity contribution is 7.92. The Hall–Kier alpha value is -3.72. The van der Waals surface area contributed by atoms with Crippen molar-refractivity contribution in [2.24, 2.45) is 0 Å². The first-order valence-electron chi connectivity index (χ1n) is 12.7. The lowest BCUT2D eigenvalue weighted by molar-refractivity contribution is -0.140. The molecule has 0 radical (unpaired) electrons. The zero-order valence-electron chi connectivity index (χ0n) is 23.2. The highest BCUT2D eigenvalue weighted by Gasteiger charge is 2.33. The number of anilines is 1. The molecule has 0 aliphatic heterocycles. The molecule has 0 spiro atoms. The minimum absolute atomic E-state index is 0.00571. The molecule has 3 aromatic carbocycles. The normalized spacial score (nSPS) is 12.5. The summed E-state index contributed by atoms with van der Waals surface area (Å²) in [5.41, 5.74) is 2.31. The van der Waals surface area contributed by atoms with Crippen molar-refractivity contribution in [3.8, 4) is 0 Å². The maximum atomic E-state index is 13.9. The molecule has 208 valence electrons. The second kappa shape index (κ2) is 12.0. The van der Waals surface area contributed by atoms with Gasteiger partial charge in [0.25, 0.3) is 10.0 Å². The summed E-state index contributed by atoms with van der Waals surface area (Å²) in [6, 6.07) is 17.8. The zero-order valence-corrected chi connectivity index (χ0v) is 24.0. The lowest BCUT2D eigenvalue weighted by Gasteiger charge is -2.33. The lowest BCUT2D eigenvalue weighted by Crippen LogP contribution is -2.54. The van der Waals surface area contributed by atoms with Gasteiger partial charge in [-0.15, -0.1) is 0 Å². The number of hydrogen-bond donors (Lipinski definition) is 1. The molecule has 1 N–H and O–H groups in total. The van der Waals surface area contributed by atoms with Crippen LogP contribution in [-0.2, 0) is 26.2 Å². The van der Waals surface area contributed by atoms with E-state index in [1.165, 1.54) is 29.2 Å². The molecule has 0 unspecified atom stereocenters. The van der Waals surface area contributed by atoms with Crippen LogP contribution in [0.5, 0.6) is 0 Å². The minimum atomic E-state index is -4.20. The molecule has 0 aliphatic rings. The smallest absolute Gasteiger partial charge is 0.264 e. The maximum Gasteiger partial charge on any atom is 0.264 e. The summed E-state index contributed by atoms with van der Waals surface area (Å²) in [4.78, 5) is 28.4. The molecule has 7 nitrogen and oxygen atoms in total. The van der Waals surface area contributed by atoms with E-state index >= 15 is 0 Å². The molecule has 0 bridgehead atoms. The van der Waals surface area contributed by atoms with E-state index in [4.69, 9.17) is 0 Å². The first-order valence-corrected chi connectivity index (χ1v) is 14.1. The zero-order chi connectivity index (χ0) is 29.0. The third-order valence-corrected chi connectivity index (χ3v) is 7.93. The van der Waals surface area contributed by atoms with Gasteiger partial charge in [-0.05, 0) is 83.5 Å². The van der Waals surface area contributed by atoms with Crippen LogP contribution in [0.25, 0.3) is 0 Å². The minimum Gasteiger partial charge on any atom is -0.350 e. The van der Waals surface area contributed by atoms with Crippen molar-refractivity contribution < 1.29 is 22.4 Å². The molecule has 0 saturated heterocycles. The summed E-state index contributed by atoms with van der Waals surface area (Å²) >= 11 is 0. The SMILES string of the molecule is Cc1ccc(CN(C(=O)CN(c2ccc(F)cc2)S(=O)(=O)c2ccc(C)cc2)[C@H](C)C(=O)NC(C)(C)C)cc1. The van der Waals surface area contributed by atoms with Crippen LogP contribution in [0.1, 0.15) is 44.4 Å². The van der Waals surface area contributed by atoms with Gasteiger partial charge in [0.2, 0.25) is 11.8 Å². The lowest BCUT2D eigenvalue weighted by atomic mass is 10.1. The monoisotopic (exact) mass is 553 g/mol. The topological polar surface area (TPSA) is 86.8 Å². The fourth-order valence-corrected chi connectivity index (χ4v) is 5.33. The van der Waals surface area contributed by atoms with E-state index in [-0.39, 0.29) is 23.0 Å². The summed E-state index contributed by atoms with van der Waals surface area (Å²) in [7, 11) is -4.20. The Morgan fingerprint density at radius 3 is 1.90 bits per heavy atom. The van der Waals surface area contributed by atoms with Gasteiger partial charge in [0.05, 0.1) is 10.6 Å². The molecular weight excluding hydrogens is 517 g/mol. The van der Waals surface area contributed by atoms with E-state index in [2.05, 4.69) is 5.32 Å². The molecule has 0 heterocycles. The fourth-order valence-electron chi connectivity index (χ4n) is 3.92. The maximum absolute atomic E-state index is 13.9. The number of rotatable bonds is 9. The predicted octanol–water partition coefficient (Wildman–Crippen LogP) is 4.97. The van der Waals surface area contributed by atoms with Gasteiger partial charge >= 0.3 is 0 Å². The highest BCUT2D eigenvalue weighted by atomic mass is 32.2. The van der Waals surface area contributed by atoms with Crippen molar-refractivity contribution in [2.45, 2.75) is 64.6 Å². The van der Waals surface area contributed by atoms with Gasteiger partial charge in [-0.25, -0.2) is 12.8 Å². The Labute approximate surface area is 230 Å². The molecule has 3 rings (SSSR count). The average Bonchev–Trinajstić information content (AvgIpc) is 2.86. The van der Waals surface area contributed by atoms with Crippen molar-refractivity contribution in [1.29, 1.82) is 0 Å². The number of nitrogens with zero attached hydrogens (tertiary/aromatic N) is 2. The van der Waals surface area contributed by atoms with Gasteiger partial charge in [-0.3, -0.25) is 13.9 Å². The van der Waals surface area contributed by atoms with Gasteiger partial charge in [0, 0.05) is 12.1 Å². The van der Waals surface area contributed by atoms with Crippen LogP contribution in [0.2, 0.25) is 0 Å². The molecule has 0 fully saturated rings. The average molecular weight is 554 g/mol. The second-order valence-electron chi connectivity index (χ2n) is 10.7. The molecule has 0 saturated carbocycles. The molecule has 9 heteroatoms. The van der Waals surface area contributed by atoms with E-state index in [9.17, 15) is 22.4 Å². The van der Waals surface area contributed by atoms with Gasteiger partial charge in [0.15, 0.2) is 0 Å². The Morgan fingerprint density at radius 1 is 0.872 bits per heavy atom. The van der Waals surface area contributed by atoms with Gasteiger partial charge < -0.3 is 10.2 Å². The highest BCUT2D eigenvalue weighted by Crippen LogP contribution is 2.25. The number of carbonyl (C=O) groups excluding carboxylic acids is 2. The summed E-state index contributed by atoms with van der Waals surface area (Å²) < 4.78 is 42.2. The van der Waals surface area contributed by atoms with Crippen LogP contribution in [0.3, 0.4) is 0 Å². The largest absolute Gasteiger partial charge is 0.350 e. The van der Waals surface area contributed by atoms with Gasteiger partial charge in [0.1, 0.15) is 18.4 Å². The van der Waals surface area contributed by atoms with E-state index in [1.54, 1.807) is 19.1 Å². The summed E-state index contributed by atoms with van der Waals surface area (Å²) in [5.74, 6) is -1.48. The number of sulfonamides is 1. The number of aryl methyl sites for hydroxylation is 2. The Kier molecular flexibility index (Phi) is 9.17. The number of hydrogen-bond acceptors (Lipinski definition) is 4. The summed E-state index contributed by atoms with van der Waals surface area (Å²) in [5, 5.41) is 2.90. The Balaban J connectivity index is 2.02. The van der Waals surface area contributed by atoms with E-state index in [1.807, 2.05) is 58.9 Å². The number of benzene rings is 3. The third-order valence-electron chi connectivity index (χ3n) is 6.14. The van der Waals surface area contributed by atoms with Crippen molar-refractivity contribution >= 4 is 27.5 Å². The number of nitrogens with one attached hydrogen (secondary N) is 1. The quantitative estimate of drug-likeness (QED) is 0.405. The fraction of sp³-hybridized carbons (Fsp3) is 0.333. The Morgan fingerprint density at radius 2 is 1.38 bits per heavy atom. The Bertz CT molecular complexity index is 1400. The van der Waals surface area contributed by atoms with Crippen LogP contribution in [0, 0.1) is 19.7 Å². The summed E-state index contributed by atoms with van der Waals surface area (Å²) in [6.07, 6.45) is 0. The predicted molar refractivity (Wildman–Crippen MR) is 151 cm³/mol. The van der Waals surface area contributed by atoms with Gasteiger partial charge in [-0.1, -0.05) is 47.5 Å². The van der Waals surface area contributed by atoms with E-state index in [0.29, 0.717) is 0 Å². The van der Waals surface area contributed by atoms with Crippen molar-refractivity contribution in [1.82, 2.24) is 10.2 Å². The van der Waals surface area contributed by atoms with E-state index < -0.39 is 39.9 Å². The summed E-state index contributed by atoms with van der Waals surface area (Å²) in [6.45, 7) is 10.4. The van der Waals surface area contributed by atoms with Crippen LogP contribution in [0.4, 0.5) is 10.1 Å². The van der Waals surface area contributed by atoms with Crippen LogP contribution < -0.4 is 9.62 Å². The number of amides is 2. The second-order valence-corrected chi connectivity index (χ2v) is 12.6.